The Labute approximate surface area is 122 Å². The normalized spacial score (nSPS) is 34.7. The van der Waals surface area contributed by atoms with Gasteiger partial charge in [-0.25, -0.2) is 0 Å². The number of aliphatic hydroxyl groups is 1. The number of likely N-dealkylation sites (tertiary alicyclic amines) is 1. The lowest BCUT2D eigenvalue weighted by Crippen LogP contribution is -2.53. The predicted molar refractivity (Wildman–Crippen MR) is 80.4 cm³/mol. The van der Waals surface area contributed by atoms with Gasteiger partial charge in [0.1, 0.15) is 0 Å². The lowest BCUT2D eigenvalue weighted by Gasteiger charge is -2.37. The minimum atomic E-state index is -0.180. The number of amides is 1. The second-order valence-electron chi connectivity index (χ2n) is 6.83. The lowest BCUT2D eigenvalue weighted by molar-refractivity contribution is -0.128. The third kappa shape index (κ3) is 3.73. The van der Waals surface area contributed by atoms with Crippen LogP contribution in [0.1, 0.15) is 52.9 Å². The first-order valence-corrected chi connectivity index (χ1v) is 8.21. The van der Waals surface area contributed by atoms with Crippen LogP contribution in [0.4, 0.5) is 0 Å². The first kappa shape index (κ1) is 15.8. The van der Waals surface area contributed by atoms with Crippen molar-refractivity contribution in [3.05, 3.63) is 0 Å². The summed E-state index contributed by atoms with van der Waals surface area (Å²) in [5.74, 6) is 1.44. The van der Waals surface area contributed by atoms with E-state index in [2.05, 4.69) is 24.1 Å². The van der Waals surface area contributed by atoms with Gasteiger partial charge in [-0.3, -0.25) is 9.69 Å². The van der Waals surface area contributed by atoms with E-state index in [0.717, 1.165) is 32.4 Å². The molecule has 1 saturated carbocycles. The first-order valence-electron chi connectivity index (χ1n) is 8.21. The molecule has 0 spiro atoms. The van der Waals surface area contributed by atoms with E-state index >= 15 is 0 Å². The molecule has 1 heterocycles. The minimum Gasteiger partial charge on any atom is -0.393 e. The van der Waals surface area contributed by atoms with Gasteiger partial charge in [-0.05, 0) is 38.0 Å². The van der Waals surface area contributed by atoms with E-state index in [1.165, 1.54) is 12.8 Å². The average molecular weight is 282 g/mol. The number of aliphatic hydroxyl groups excluding tert-OH is 1. The van der Waals surface area contributed by atoms with Crippen LogP contribution in [-0.2, 0) is 4.79 Å². The van der Waals surface area contributed by atoms with E-state index in [0.29, 0.717) is 17.9 Å². The van der Waals surface area contributed by atoms with Crippen molar-refractivity contribution in [2.24, 2.45) is 11.8 Å². The minimum absolute atomic E-state index is 0.0769. The summed E-state index contributed by atoms with van der Waals surface area (Å²) in [5, 5.41) is 12.8. The fourth-order valence-electron chi connectivity index (χ4n) is 3.53. The van der Waals surface area contributed by atoms with Crippen molar-refractivity contribution in [3.63, 3.8) is 0 Å². The van der Waals surface area contributed by atoms with Gasteiger partial charge in [0, 0.05) is 19.1 Å². The van der Waals surface area contributed by atoms with Crippen molar-refractivity contribution in [1.82, 2.24) is 10.2 Å². The van der Waals surface area contributed by atoms with Crippen LogP contribution < -0.4 is 5.32 Å². The van der Waals surface area contributed by atoms with Crippen LogP contribution in [0.15, 0.2) is 0 Å². The Morgan fingerprint density at radius 2 is 1.85 bits per heavy atom. The fraction of sp³-hybridized carbons (Fsp3) is 0.938. The molecule has 2 aliphatic rings. The van der Waals surface area contributed by atoms with E-state index in [4.69, 9.17) is 0 Å². The van der Waals surface area contributed by atoms with Gasteiger partial charge in [-0.15, -0.1) is 0 Å². The van der Waals surface area contributed by atoms with Crippen LogP contribution in [0.25, 0.3) is 0 Å². The number of nitrogens with one attached hydrogen (secondary N) is 1. The van der Waals surface area contributed by atoms with E-state index in [1.807, 2.05) is 6.92 Å². The van der Waals surface area contributed by atoms with Crippen LogP contribution in [0.3, 0.4) is 0 Å². The Kier molecular flexibility index (Phi) is 5.44. The molecule has 116 valence electrons. The predicted octanol–water partition coefficient (Wildman–Crippen LogP) is 1.77. The van der Waals surface area contributed by atoms with Gasteiger partial charge < -0.3 is 10.4 Å². The second kappa shape index (κ2) is 6.90. The van der Waals surface area contributed by atoms with Crippen LogP contribution in [0, 0.1) is 11.8 Å². The van der Waals surface area contributed by atoms with Crippen LogP contribution in [-0.4, -0.2) is 47.2 Å². The number of hydrogen-bond donors (Lipinski definition) is 2. The molecule has 0 bridgehead atoms. The summed E-state index contributed by atoms with van der Waals surface area (Å²) in [6.45, 7) is 8.19. The van der Waals surface area contributed by atoms with Crippen molar-refractivity contribution in [2.45, 2.75) is 71.1 Å². The lowest BCUT2D eigenvalue weighted by atomic mass is 9.78. The summed E-state index contributed by atoms with van der Waals surface area (Å²) in [6.07, 6.45) is 5.01. The smallest absolute Gasteiger partial charge is 0.237 e. The molecule has 0 aromatic heterocycles. The van der Waals surface area contributed by atoms with E-state index in [1.54, 1.807) is 0 Å². The summed E-state index contributed by atoms with van der Waals surface area (Å²) < 4.78 is 0. The fourth-order valence-corrected chi connectivity index (χ4v) is 3.53. The number of nitrogens with zero attached hydrogens (tertiary/aromatic N) is 1. The number of piperidine rings is 1. The Morgan fingerprint density at radius 3 is 2.50 bits per heavy atom. The summed E-state index contributed by atoms with van der Waals surface area (Å²) in [5.41, 5.74) is 0. The number of rotatable bonds is 3. The molecule has 4 unspecified atom stereocenters. The van der Waals surface area contributed by atoms with Crippen molar-refractivity contribution in [3.8, 4) is 0 Å². The highest BCUT2D eigenvalue weighted by Crippen LogP contribution is 2.29. The van der Waals surface area contributed by atoms with Gasteiger partial charge in [0.25, 0.3) is 0 Å². The molecule has 2 N–H and O–H groups in total. The zero-order valence-electron chi connectivity index (χ0n) is 13.1. The molecular weight excluding hydrogens is 252 g/mol. The van der Waals surface area contributed by atoms with E-state index < -0.39 is 0 Å². The van der Waals surface area contributed by atoms with Crippen LogP contribution >= 0.6 is 0 Å². The molecule has 4 nitrogen and oxygen atoms in total. The largest absolute Gasteiger partial charge is 0.393 e. The van der Waals surface area contributed by atoms with E-state index in [9.17, 15) is 9.90 Å². The Hall–Kier alpha value is -0.610. The quantitative estimate of drug-likeness (QED) is 0.829. The zero-order chi connectivity index (χ0) is 14.7. The molecule has 1 aliphatic heterocycles. The molecule has 4 heteroatoms. The molecule has 1 aliphatic carbocycles. The van der Waals surface area contributed by atoms with E-state index in [-0.39, 0.29) is 18.1 Å². The first-order chi connectivity index (χ1) is 9.49. The zero-order valence-corrected chi connectivity index (χ0v) is 13.1. The molecule has 4 atom stereocenters. The van der Waals surface area contributed by atoms with Crippen molar-refractivity contribution >= 4 is 5.91 Å². The van der Waals surface area contributed by atoms with Gasteiger partial charge >= 0.3 is 0 Å². The molecule has 0 radical (unpaired) electrons. The summed E-state index contributed by atoms with van der Waals surface area (Å²) in [4.78, 5) is 14.6. The Balaban J connectivity index is 1.84. The number of carbonyl (C=O) groups excluding carboxylic acids is 1. The van der Waals surface area contributed by atoms with Crippen LogP contribution in [0.2, 0.25) is 0 Å². The van der Waals surface area contributed by atoms with Gasteiger partial charge in [-0.1, -0.05) is 26.7 Å². The number of carbonyl (C=O) groups is 1. The monoisotopic (exact) mass is 282 g/mol. The molecule has 2 rings (SSSR count). The molecule has 20 heavy (non-hydrogen) atoms. The summed E-state index contributed by atoms with van der Waals surface area (Å²) in [6, 6.07) is 0.260. The topological polar surface area (TPSA) is 52.6 Å². The maximum absolute atomic E-state index is 12.4. The van der Waals surface area contributed by atoms with Gasteiger partial charge in [0.2, 0.25) is 5.91 Å². The van der Waals surface area contributed by atoms with Crippen molar-refractivity contribution in [1.29, 1.82) is 0 Å². The second-order valence-corrected chi connectivity index (χ2v) is 6.83. The molecule has 0 aromatic rings. The average Bonchev–Trinajstić information content (AvgIpc) is 2.44. The molecule has 1 amide bonds. The Morgan fingerprint density at radius 1 is 1.20 bits per heavy atom. The highest BCUT2D eigenvalue weighted by Gasteiger charge is 2.31. The third-order valence-corrected chi connectivity index (χ3v) is 5.46. The van der Waals surface area contributed by atoms with Gasteiger partial charge in [0.15, 0.2) is 0 Å². The van der Waals surface area contributed by atoms with Gasteiger partial charge in [0.05, 0.1) is 12.1 Å². The van der Waals surface area contributed by atoms with Crippen LogP contribution in [0.5, 0.6) is 0 Å². The third-order valence-electron chi connectivity index (χ3n) is 5.46. The highest BCUT2D eigenvalue weighted by molar-refractivity contribution is 5.81. The van der Waals surface area contributed by atoms with Gasteiger partial charge in [-0.2, -0.15) is 0 Å². The summed E-state index contributed by atoms with van der Waals surface area (Å²) >= 11 is 0. The molecule has 0 aromatic carbocycles. The summed E-state index contributed by atoms with van der Waals surface area (Å²) in [7, 11) is 0. The molecule has 1 saturated heterocycles. The number of hydrogen-bond acceptors (Lipinski definition) is 3. The highest BCUT2D eigenvalue weighted by atomic mass is 16.3. The molecular formula is C16H30N2O2. The SMILES string of the molecule is CC1CCCC(NC(=O)C(C)N2CCC(O)CC2)C1C. The maximum atomic E-state index is 12.4. The standard InChI is InChI=1S/C16H30N2O2/c1-11-5-4-6-15(12(11)2)17-16(20)13(3)18-9-7-14(19)8-10-18/h11-15,19H,4-10H2,1-3H3,(H,17,20). The van der Waals surface area contributed by atoms with Crippen molar-refractivity contribution in [2.75, 3.05) is 13.1 Å². The Bertz CT molecular complexity index is 326. The molecule has 2 fully saturated rings. The maximum Gasteiger partial charge on any atom is 0.237 e. The van der Waals surface area contributed by atoms with Crippen molar-refractivity contribution < 1.29 is 9.90 Å².